The Morgan fingerprint density at radius 1 is 0.553 bits per heavy atom. The van der Waals surface area contributed by atoms with Gasteiger partial charge in [-0.25, -0.2) is 25.6 Å². The summed E-state index contributed by atoms with van der Waals surface area (Å²) >= 11 is 0. The van der Waals surface area contributed by atoms with Crippen LogP contribution in [0.4, 0.5) is 8.78 Å². The van der Waals surface area contributed by atoms with Gasteiger partial charge < -0.3 is 38.2 Å². The number of benzene rings is 2. The molecule has 14 rings (SSSR count). The van der Waals surface area contributed by atoms with Crippen LogP contribution in [0, 0.1) is 58.2 Å². The molecule has 4 saturated carbocycles. The number of nitrogens with zero attached hydrogens (tertiary/aromatic N) is 4. The maximum Gasteiger partial charge on any atom is 0.307 e. The number of carbonyl (C=O) groups excluding carboxylic acids is 8. The number of amides is 4. The van der Waals surface area contributed by atoms with Gasteiger partial charge in [0.15, 0.2) is 11.6 Å². The molecule has 6 aliphatic heterocycles. The molecule has 2 N–H and O–H groups in total. The number of sulfonamides is 2. The Kier molecular flexibility index (Phi) is 24.1. The Hall–Kier alpha value is -8.14. The number of nitrogens with one attached hydrogen (secondary N) is 2. The summed E-state index contributed by atoms with van der Waals surface area (Å²) in [5, 5.41) is 3.46. The van der Waals surface area contributed by atoms with Gasteiger partial charge in [0.05, 0.1) is 73.9 Å². The highest BCUT2D eigenvalue weighted by Gasteiger charge is 2.66. The first kappa shape index (κ1) is 83.8. The SMILES string of the molecule is C[C@@H]1CC/C=C\[C@@H]2C[C@@]2(C(=O)NS(=O)(=O)C2(CF)CC2)CC(=O)[C@@H]2C[C@@H](Oc3nc4c(c5ccccc35)CCCO4)CN2C(=O)[C@@H](CC(=O)OC(C)(C)C)[C@H](C)C1.C[C@H]1CC/C=C\[C@@H]2C[C@@]2(C(=O)NS(=O)(=O)C2(CF)CC2)CC(=O)[C@@H]2C[C@@H](Oc3nc4c(c5ccccc35)CCCO4)CN2C(=O)[C@@H](CC(=O)OC(C)(C)C)[C@H](C)C1. The zero-order chi connectivity index (χ0) is 81.8. The highest BCUT2D eigenvalue weighted by atomic mass is 32.2. The minimum atomic E-state index is -4.34. The molecule has 28 heteroatoms. The lowest BCUT2D eigenvalue weighted by molar-refractivity contribution is -0.160. The lowest BCUT2D eigenvalue weighted by Gasteiger charge is -2.32. The van der Waals surface area contributed by atoms with Gasteiger partial charge in [-0.1, -0.05) is 88.4 Å². The van der Waals surface area contributed by atoms with Crippen molar-refractivity contribution in [2.45, 2.75) is 255 Å². The Balaban J connectivity index is 0.000000199. The van der Waals surface area contributed by atoms with Crippen molar-refractivity contribution in [1.82, 2.24) is 29.2 Å². The van der Waals surface area contributed by atoms with Gasteiger partial charge in [-0.05, 0) is 203 Å². The predicted octanol–water partition coefficient (Wildman–Crippen LogP) is 12.4. The maximum absolute atomic E-state index is 14.9. The van der Waals surface area contributed by atoms with E-state index in [4.69, 9.17) is 38.4 Å². The summed E-state index contributed by atoms with van der Waals surface area (Å²) in [5.41, 5.74) is -2.31. The second-order valence-corrected chi connectivity index (χ2v) is 40.7. The highest BCUT2D eigenvalue weighted by molar-refractivity contribution is 7.92. The van der Waals surface area contributed by atoms with Crippen molar-refractivity contribution in [3.05, 3.63) is 84.0 Å². The van der Waals surface area contributed by atoms with E-state index in [2.05, 4.69) is 23.3 Å². The number of esters is 2. The quantitative estimate of drug-likeness (QED) is 0.0777. The zero-order valence-electron chi connectivity index (χ0n) is 67.4. The maximum atomic E-state index is 14.9. The van der Waals surface area contributed by atoms with E-state index in [0.29, 0.717) is 62.4 Å². The molecular weight excluding hydrogens is 1510 g/mol. The molecule has 0 radical (unpaired) electrons. The number of rotatable bonds is 16. The van der Waals surface area contributed by atoms with Gasteiger partial charge >= 0.3 is 11.9 Å². The molecule has 4 aliphatic carbocycles. The number of ketones is 2. The normalized spacial score (nSPS) is 30.7. The van der Waals surface area contributed by atoms with Gasteiger partial charge in [0.1, 0.15) is 46.3 Å². The van der Waals surface area contributed by atoms with E-state index in [1.807, 2.05) is 86.7 Å². The molecule has 0 spiro atoms. The molecule has 2 aromatic heterocycles. The number of pyridine rings is 2. The number of fused-ring (bicyclic) bond motifs is 10. The van der Waals surface area contributed by atoms with Gasteiger partial charge in [-0.2, -0.15) is 9.97 Å². The molecule has 8 heterocycles. The molecule has 10 aliphatic rings. The van der Waals surface area contributed by atoms with E-state index in [9.17, 15) is 64.0 Å². The third-order valence-electron chi connectivity index (χ3n) is 25.3. The summed E-state index contributed by atoms with van der Waals surface area (Å²) in [6, 6.07) is 13.4. The fraction of sp³-hybridized carbons (Fsp3) is 0.651. The fourth-order valence-electron chi connectivity index (χ4n) is 18.2. The fourth-order valence-corrected chi connectivity index (χ4v) is 21.1. The van der Waals surface area contributed by atoms with Crippen molar-refractivity contribution in [3.8, 4) is 23.5 Å². The molecule has 4 amide bonds. The van der Waals surface area contributed by atoms with Gasteiger partial charge in [-0.15, -0.1) is 0 Å². The van der Waals surface area contributed by atoms with Crippen LogP contribution in [0.5, 0.6) is 23.5 Å². The minimum absolute atomic E-state index is 0.0200. The summed E-state index contributed by atoms with van der Waals surface area (Å²) in [7, 11) is -8.67. The van der Waals surface area contributed by atoms with Gasteiger partial charge in [0.25, 0.3) is 0 Å². The monoisotopic (exact) mass is 1620 g/mol. The van der Waals surface area contributed by atoms with Crippen LogP contribution in [-0.2, 0) is 80.7 Å². The molecule has 0 bridgehead atoms. The highest BCUT2D eigenvalue weighted by Crippen LogP contribution is 2.60. The van der Waals surface area contributed by atoms with Crippen LogP contribution in [0.3, 0.4) is 0 Å². The van der Waals surface area contributed by atoms with Crippen molar-refractivity contribution in [2.75, 3.05) is 39.7 Å². The number of hydrogen-bond donors (Lipinski definition) is 2. The number of aryl methyl sites for hydroxylation is 2. The molecule has 4 aromatic rings. The minimum Gasteiger partial charge on any atom is -0.477 e. The first-order valence-corrected chi connectivity index (χ1v) is 44.0. The van der Waals surface area contributed by atoms with Crippen molar-refractivity contribution in [1.29, 1.82) is 0 Å². The summed E-state index contributed by atoms with van der Waals surface area (Å²) < 4.78 is 118. The number of aromatic nitrogens is 2. The molecule has 2 saturated heterocycles. The largest absolute Gasteiger partial charge is 0.477 e. The van der Waals surface area contributed by atoms with Crippen LogP contribution < -0.4 is 28.4 Å². The molecule has 620 valence electrons. The van der Waals surface area contributed by atoms with Crippen LogP contribution in [-0.4, -0.2) is 168 Å². The van der Waals surface area contributed by atoms with E-state index in [-0.39, 0.29) is 126 Å². The second kappa shape index (κ2) is 32.7. The number of ether oxygens (including phenoxy) is 6. The third kappa shape index (κ3) is 17.9. The smallest absolute Gasteiger partial charge is 0.307 e. The number of carbonyl (C=O) groups is 8. The van der Waals surface area contributed by atoms with Crippen LogP contribution in [0.15, 0.2) is 72.8 Å². The number of halogens is 2. The second-order valence-electron chi connectivity index (χ2n) is 36.5. The molecule has 14 atom stereocenters. The first-order valence-electron chi connectivity index (χ1n) is 41.0. The Morgan fingerprint density at radius 2 is 0.921 bits per heavy atom. The summed E-state index contributed by atoms with van der Waals surface area (Å²) in [6.07, 6.45) is 14.0. The lowest BCUT2D eigenvalue weighted by Crippen LogP contribution is -2.48. The average molecular weight is 1620 g/mol. The van der Waals surface area contributed by atoms with E-state index in [0.717, 1.165) is 71.2 Å². The molecule has 2 aromatic carbocycles. The molecular formula is C86H112F2N6O18S2. The third-order valence-corrected chi connectivity index (χ3v) is 29.5. The Morgan fingerprint density at radius 3 is 1.27 bits per heavy atom. The molecule has 24 nitrogen and oxygen atoms in total. The van der Waals surface area contributed by atoms with Crippen LogP contribution in [0.25, 0.3) is 21.5 Å². The van der Waals surface area contributed by atoms with E-state index < -0.39 is 148 Å². The molecule has 6 fully saturated rings. The van der Waals surface area contributed by atoms with Crippen LogP contribution in [0.2, 0.25) is 0 Å². The number of hydrogen-bond acceptors (Lipinski definition) is 20. The lowest BCUT2D eigenvalue weighted by atomic mass is 9.82. The standard InChI is InChI=1S/2C43H56FN3O9S/c2*1-26-11-6-7-12-28-22-43(28,40(51)46-57(52,53)42(25-44)16-17-42)23-35(48)34-20-29(24-47(34)39(50)33(27(2)19-26)21-36(49)56-41(3,4)5)55-38-32-14-9-8-13-30(32)31-15-10-18-54-37(31)45-38/h2*7-9,12-14,26-29,33-34H,6,10-11,15-25H2,1-5H3,(H,46,51)/b2*12-7-/t26-,27+,28+,29+,33-,34-,43+;26-,27-,28-,29-,33+,34+,43-/m01/s1. The van der Waals surface area contributed by atoms with Crippen molar-refractivity contribution in [3.63, 3.8) is 0 Å². The number of allylic oxidation sites excluding steroid dienone is 4. The topological polar surface area (TPSA) is 317 Å². The summed E-state index contributed by atoms with van der Waals surface area (Å²) in [6.45, 7) is 17.6. The van der Waals surface area contributed by atoms with E-state index in [1.54, 1.807) is 41.5 Å². The Bertz CT molecular complexity index is 4410. The van der Waals surface area contributed by atoms with Crippen molar-refractivity contribution in [2.24, 2.45) is 58.2 Å². The van der Waals surface area contributed by atoms with E-state index >= 15 is 0 Å². The first-order chi connectivity index (χ1) is 53.9. The zero-order valence-corrected chi connectivity index (χ0v) is 69.0. The van der Waals surface area contributed by atoms with Crippen LogP contribution >= 0.6 is 0 Å². The van der Waals surface area contributed by atoms with Crippen LogP contribution in [0.1, 0.15) is 209 Å². The number of Topliss-reactive ketones (excluding diaryl/α,β-unsaturated/α-hetero) is 2. The summed E-state index contributed by atoms with van der Waals surface area (Å²) in [5.74, 6) is -5.21. The summed E-state index contributed by atoms with van der Waals surface area (Å²) in [4.78, 5) is 127. The molecule has 114 heavy (non-hydrogen) atoms. The average Bonchev–Trinajstić information content (AvgIpc) is 1.56. The predicted molar refractivity (Wildman–Crippen MR) is 421 cm³/mol. The number of alkyl halides is 2. The molecule has 0 unspecified atom stereocenters. The van der Waals surface area contributed by atoms with Gasteiger partial charge in [0.2, 0.25) is 67.2 Å². The van der Waals surface area contributed by atoms with Crippen molar-refractivity contribution < 1.29 is 92.4 Å². The van der Waals surface area contributed by atoms with Gasteiger partial charge in [-0.3, -0.25) is 47.8 Å². The Labute approximate surface area is 667 Å². The van der Waals surface area contributed by atoms with E-state index in [1.165, 1.54) is 9.80 Å². The van der Waals surface area contributed by atoms with Crippen molar-refractivity contribution >= 4 is 88.7 Å². The van der Waals surface area contributed by atoms with Gasteiger partial charge in [0, 0.05) is 47.6 Å².